The van der Waals surface area contributed by atoms with E-state index in [4.69, 9.17) is 5.26 Å². The van der Waals surface area contributed by atoms with Crippen LogP contribution in [0.5, 0.6) is 5.75 Å². The summed E-state index contributed by atoms with van der Waals surface area (Å²) in [6.07, 6.45) is 0. The highest BCUT2D eigenvalue weighted by molar-refractivity contribution is 5.67. The van der Waals surface area contributed by atoms with Crippen LogP contribution in [0.4, 0.5) is 8.78 Å². The second kappa shape index (κ2) is 5.28. The van der Waals surface area contributed by atoms with E-state index >= 15 is 0 Å². The minimum atomic E-state index is -2.93. The molecule has 2 nitrogen and oxygen atoms in total. The third-order valence-electron chi connectivity index (χ3n) is 2.42. The van der Waals surface area contributed by atoms with E-state index in [2.05, 4.69) is 4.74 Å². The van der Waals surface area contributed by atoms with E-state index in [-0.39, 0.29) is 11.3 Å². The van der Waals surface area contributed by atoms with E-state index < -0.39 is 6.61 Å². The Balaban J connectivity index is 2.40. The van der Waals surface area contributed by atoms with Crippen molar-refractivity contribution in [2.75, 3.05) is 0 Å². The molecule has 0 atom stereocenters. The number of ether oxygens (including phenoxy) is 1. The lowest BCUT2D eigenvalue weighted by molar-refractivity contribution is -0.0500. The maximum atomic E-state index is 12.1. The lowest BCUT2D eigenvalue weighted by Gasteiger charge is -2.08. The van der Waals surface area contributed by atoms with Crippen LogP contribution in [0.15, 0.2) is 48.5 Å². The number of nitrogens with zero attached hydrogens (tertiary/aromatic N) is 1. The Kier molecular flexibility index (Phi) is 3.54. The summed E-state index contributed by atoms with van der Waals surface area (Å²) in [6.45, 7) is -2.93. The fourth-order valence-electron chi connectivity index (χ4n) is 1.63. The van der Waals surface area contributed by atoms with Crippen LogP contribution in [0.1, 0.15) is 5.56 Å². The molecule has 0 aliphatic heterocycles. The van der Waals surface area contributed by atoms with E-state index in [0.717, 1.165) is 11.1 Å². The van der Waals surface area contributed by atoms with Gasteiger partial charge >= 0.3 is 6.61 Å². The van der Waals surface area contributed by atoms with Crippen molar-refractivity contribution >= 4 is 0 Å². The molecule has 0 bridgehead atoms. The molecule has 4 heteroatoms. The van der Waals surface area contributed by atoms with Crippen LogP contribution in [0.25, 0.3) is 11.1 Å². The molecule has 0 aliphatic rings. The van der Waals surface area contributed by atoms with Crippen molar-refractivity contribution in [1.82, 2.24) is 0 Å². The van der Waals surface area contributed by atoms with Gasteiger partial charge in [-0.1, -0.05) is 36.4 Å². The van der Waals surface area contributed by atoms with E-state index in [1.54, 1.807) is 6.07 Å². The Bertz CT molecular complexity index is 576. The first-order chi connectivity index (χ1) is 8.70. The number of halogens is 2. The Morgan fingerprint density at radius 2 is 1.72 bits per heavy atom. The summed E-state index contributed by atoms with van der Waals surface area (Å²) in [4.78, 5) is 0. The Hall–Kier alpha value is -2.41. The molecule has 0 aliphatic carbocycles. The minimum Gasteiger partial charge on any atom is -0.433 e. The molecule has 0 heterocycles. The van der Waals surface area contributed by atoms with E-state index in [1.807, 2.05) is 36.4 Å². The van der Waals surface area contributed by atoms with E-state index in [1.165, 1.54) is 12.1 Å². The van der Waals surface area contributed by atoms with Crippen molar-refractivity contribution in [3.05, 3.63) is 54.1 Å². The van der Waals surface area contributed by atoms with Gasteiger partial charge in [-0.25, -0.2) is 0 Å². The van der Waals surface area contributed by atoms with Gasteiger partial charge in [-0.2, -0.15) is 14.0 Å². The lowest BCUT2D eigenvalue weighted by Crippen LogP contribution is -2.03. The van der Waals surface area contributed by atoms with Gasteiger partial charge in [0.1, 0.15) is 11.8 Å². The summed E-state index contributed by atoms with van der Waals surface area (Å²) < 4.78 is 28.5. The maximum Gasteiger partial charge on any atom is 0.387 e. The fourth-order valence-corrected chi connectivity index (χ4v) is 1.63. The van der Waals surface area contributed by atoms with Gasteiger partial charge in [0.15, 0.2) is 0 Å². The largest absolute Gasteiger partial charge is 0.433 e. The number of hydrogen-bond acceptors (Lipinski definition) is 2. The second-order valence-electron chi connectivity index (χ2n) is 3.57. The molecule has 0 saturated carbocycles. The normalized spacial score (nSPS) is 10.1. The Morgan fingerprint density at radius 3 is 2.33 bits per heavy atom. The number of alkyl halides is 2. The first-order valence-electron chi connectivity index (χ1n) is 5.25. The molecule has 0 radical (unpaired) electrons. The van der Waals surface area contributed by atoms with Crippen molar-refractivity contribution in [3.8, 4) is 22.9 Å². The van der Waals surface area contributed by atoms with Crippen LogP contribution in [0, 0.1) is 11.3 Å². The molecular weight excluding hydrogens is 236 g/mol. The third-order valence-corrected chi connectivity index (χ3v) is 2.42. The Labute approximate surface area is 103 Å². The van der Waals surface area contributed by atoms with Gasteiger partial charge in [-0.05, 0) is 23.3 Å². The van der Waals surface area contributed by atoms with Gasteiger partial charge in [0, 0.05) is 0 Å². The van der Waals surface area contributed by atoms with Crippen LogP contribution in [-0.2, 0) is 0 Å². The van der Waals surface area contributed by atoms with Gasteiger partial charge in [-0.15, -0.1) is 0 Å². The minimum absolute atomic E-state index is 0.0941. The second-order valence-corrected chi connectivity index (χ2v) is 3.57. The summed E-state index contributed by atoms with van der Waals surface area (Å²) in [5.41, 5.74) is 1.79. The van der Waals surface area contributed by atoms with Crippen LogP contribution in [0.2, 0.25) is 0 Å². The molecule has 0 aromatic heterocycles. The predicted molar refractivity (Wildman–Crippen MR) is 63.2 cm³/mol. The van der Waals surface area contributed by atoms with Crippen LogP contribution >= 0.6 is 0 Å². The van der Waals surface area contributed by atoms with Gasteiger partial charge in [-0.3, -0.25) is 0 Å². The summed E-state index contributed by atoms with van der Waals surface area (Å²) >= 11 is 0. The van der Waals surface area contributed by atoms with Crippen LogP contribution in [0.3, 0.4) is 0 Å². The van der Waals surface area contributed by atoms with Crippen molar-refractivity contribution in [2.45, 2.75) is 6.61 Å². The van der Waals surface area contributed by atoms with E-state index in [9.17, 15) is 8.78 Å². The van der Waals surface area contributed by atoms with Crippen LogP contribution < -0.4 is 4.74 Å². The number of nitriles is 1. The lowest BCUT2D eigenvalue weighted by atomic mass is 10.0. The molecule has 2 rings (SSSR count). The molecule has 0 amide bonds. The van der Waals surface area contributed by atoms with Gasteiger partial charge in [0.05, 0.1) is 5.56 Å². The third kappa shape index (κ3) is 2.64. The van der Waals surface area contributed by atoms with Gasteiger partial charge in [0.25, 0.3) is 0 Å². The zero-order chi connectivity index (χ0) is 13.0. The smallest absolute Gasteiger partial charge is 0.387 e. The highest BCUT2D eigenvalue weighted by Crippen LogP contribution is 2.27. The average molecular weight is 245 g/mol. The van der Waals surface area contributed by atoms with Crippen molar-refractivity contribution < 1.29 is 13.5 Å². The number of benzene rings is 2. The molecule has 0 N–H and O–H groups in total. The monoisotopic (exact) mass is 245 g/mol. The molecular formula is C14H9F2NO. The van der Waals surface area contributed by atoms with E-state index in [0.29, 0.717) is 0 Å². The van der Waals surface area contributed by atoms with Crippen LogP contribution in [-0.4, -0.2) is 6.61 Å². The standard InChI is InChI=1S/C14H9F2NO/c15-14(16)18-13-7-6-11(8-12(13)9-17)10-4-2-1-3-5-10/h1-8,14H. The van der Waals surface area contributed by atoms with Crippen molar-refractivity contribution in [3.63, 3.8) is 0 Å². The number of rotatable bonds is 3. The SMILES string of the molecule is N#Cc1cc(-c2ccccc2)ccc1OC(F)F. The molecule has 0 saturated heterocycles. The topological polar surface area (TPSA) is 33.0 Å². The summed E-state index contributed by atoms with van der Waals surface area (Å²) in [6, 6.07) is 15.8. The predicted octanol–water partition coefficient (Wildman–Crippen LogP) is 3.83. The summed E-state index contributed by atoms with van der Waals surface area (Å²) in [5.74, 6) is -0.104. The molecule has 0 spiro atoms. The first-order valence-corrected chi connectivity index (χ1v) is 5.25. The highest BCUT2D eigenvalue weighted by atomic mass is 19.3. The van der Waals surface area contributed by atoms with Crippen molar-refractivity contribution in [2.24, 2.45) is 0 Å². The quantitative estimate of drug-likeness (QED) is 0.823. The average Bonchev–Trinajstić information content (AvgIpc) is 2.39. The maximum absolute atomic E-state index is 12.1. The van der Waals surface area contributed by atoms with Crippen molar-refractivity contribution in [1.29, 1.82) is 5.26 Å². The molecule has 2 aromatic rings. The molecule has 2 aromatic carbocycles. The van der Waals surface area contributed by atoms with Gasteiger partial charge < -0.3 is 4.74 Å². The molecule has 18 heavy (non-hydrogen) atoms. The molecule has 0 unspecified atom stereocenters. The molecule has 0 fully saturated rings. The summed E-state index contributed by atoms with van der Waals surface area (Å²) in [5, 5.41) is 8.93. The fraction of sp³-hybridized carbons (Fsp3) is 0.0714. The first kappa shape index (κ1) is 12.1. The Morgan fingerprint density at radius 1 is 1.00 bits per heavy atom. The number of hydrogen-bond donors (Lipinski definition) is 0. The highest BCUT2D eigenvalue weighted by Gasteiger charge is 2.10. The van der Waals surface area contributed by atoms with Gasteiger partial charge in [0.2, 0.25) is 0 Å². The zero-order valence-corrected chi connectivity index (χ0v) is 9.31. The summed E-state index contributed by atoms with van der Waals surface area (Å²) in [7, 11) is 0. The molecule has 90 valence electrons. The zero-order valence-electron chi connectivity index (χ0n) is 9.31.